The van der Waals surface area contributed by atoms with Crippen LogP contribution in [0.1, 0.15) is 59.3 Å². The molecular weight excluding hydrogens is 240 g/mol. The third-order valence-corrected chi connectivity index (χ3v) is 4.24. The van der Waals surface area contributed by atoms with Crippen LogP contribution in [0.2, 0.25) is 0 Å². The van der Waals surface area contributed by atoms with Gasteiger partial charge in [0, 0.05) is 6.54 Å². The van der Waals surface area contributed by atoms with Crippen molar-refractivity contribution in [1.82, 2.24) is 4.90 Å². The molecule has 4 heteroatoms. The molecule has 0 N–H and O–H groups in total. The van der Waals surface area contributed by atoms with Crippen LogP contribution in [0.5, 0.6) is 0 Å². The Balaban J connectivity index is 2.12. The van der Waals surface area contributed by atoms with Crippen molar-refractivity contribution in [3.8, 4) is 6.07 Å². The summed E-state index contributed by atoms with van der Waals surface area (Å²) in [7, 11) is 0. The topological polar surface area (TPSA) is 53.3 Å². The molecule has 0 aromatic rings. The van der Waals surface area contributed by atoms with Gasteiger partial charge in [-0.05, 0) is 52.9 Å². The third-order valence-electron chi connectivity index (χ3n) is 4.24. The van der Waals surface area contributed by atoms with E-state index in [0.717, 1.165) is 45.1 Å². The van der Waals surface area contributed by atoms with E-state index >= 15 is 0 Å². The van der Waals surface area contributed by atoms with Crippen molar-refractivity contribution in [3.63, 3.8) is 0 Å². The second-order valence-corrected chi connectivity index (χ2v) is 6.81. The number of ether oxygens (including phenoxy) is 1. The number of rotatable bonds is 1. The minimum Gasteiger partial charge on any atom is -0.444 e. The normalized spacial score (nSPS) is 26.2. The van der Waals surface area contributed by atoms with Gasteiger partial charge in [0.05, 0.1) is 17.5 Å². The van der Waals surface area contributed by atoms with Gasteiger partial charge in [-0.15, -0.1) is 0 Å². The molecule has 0 aromatic heterocycles. The number of hydrogen-bond donors (Lipinski definition) is 0. The third kappa shape index (κ3) is 2.86. The van der Waals surface area contributed by atoms with Crippen molar-refractivity contribution in [2.45, 2.75) is 70.9 Å². The van der Waals surface area contributed by atoms with E-state index in [-0.39, 0.29) is 17.6 Å². The van der Waals surface area contributed by atoms with Crippen LogP contribution in [0.15, 0.2) is 0 Å². The van der Waals surface area contributed by atoms with Gasteiger partial charge in [-0.25, -0.2) is 4.79 Å². The van der Waals surface area contributed by atoms with Crippen LogP contribution in [0.4, 0.5) is 4.79 Å². The van der Waals surface area contributed by atoms with Gasteiger partial charge in [0.2, 0.25) is 0 Å². The van der Waals surface area contributed by atoms with E-state index in [2.05, 4.69) is 6.07 Å². The summed E-state index contributed by atoms with van der Waals surface area (Å²) in [5.74, 6) is 0. The van der Waals surface area contributed by atoms with E-state index in [1.165, 1.54) is 0 Å². The molecule has 0 aromatic carbocycles. The minimum atomic E-state index is -0.474. The first-order valence-electron chi connectivity index (χ1n) is 7.29. The molecule has 0 spiro atoms. The first-order valence-corrected chi connectivity index (χ1v) is 7.29. The summed E-state index contributed by atoms with van der Waals surface area (Å²) in [6.07, 6.45) is 5.75. The molecule has 19 heavy (non-hydrogen) atoms. The van der Waals surface area contributed by atoms with E-state index in [0.29, 0.717) is 0 Å². The van der Waals surface area contributed by atoms with E-state index in [1.54, 1.807) is 0 Å². The Hall–Kier alpha value is -1.24. The Kier molecular flexibility index (Phi) is 3.75. The molecule has 2 aliphatic rings. The Labute approximate surface area is 115 Å². The summed E-state index contributed by atoms with van der Waals surface area (Å²) >= 11 is 0. The zero-order valence-corrected chi connectivity index (χ0v) is 12.2. The number of piperidine rings is 1. The minimum absolute atomic E-state index is 0.0508. The zero-order valence-electron chi connectivity index (χ0n) is 12.2. The van der Waals surface area contributed by atoms with Crippen molar-refractivity contribution in [2.75, 3.05) is 6.54 Å². The monoisotopic (exact) mass is 264 g/mol. The highest BCUT2D eigenvalue weighted by Crippen LogP contribution is 2.48. The predicted molar refractivity (Wildman–Crippen MR) is 72.5 cm³/mol. The summed E-state index contributed by atoms with van der Waals surface area (Å²) in [5.41, 5.74) is -0.782. The molecule has 1 atom stereocenters. The second kappa shape index (κ2) is 5.03. The average Bonchev–Trinajstić information content (AvgIpc) is 2.26. The van der Waals surface area contributed by atoms with Crippen molar-refractivity contribution >= 4 is 6.09 Å². The van der Waals surface area contributed by atoms with Gasteiger partial charge < -0.3 is 9.64 Å². The molecule has 1 heterocycles. The number of carbonyl (C=O) groups is 1. The number of hydrogen-bond acceptors (Lipinski definition) is 3. The molecule has 2 fully saturated rings. The summed E-state index contributed by atoms with van der Waals surface area (Å²) in [6, 6.07) is 2.53. The maximum Gasteiger partial charge on any atom is 0.410 e. The lowest BCUT2D eigenvalue weighted by atomic mass is 9.63. The summed E-state index contributed by atoms with van der Waals surface area (Å²) in [5, 5.41) is 9.49. The predicted octanol–water partition coefficient (Wildman–Crippen LogP) is 3.47. The summed E-state index contributed by atoms with van der Waals surface area (Å²) in [4.78, 5) is 14.1. The van der Waals surface area contributed by atoms with Gasteiger partial charge in [-0.2, -0.15) is 5.26 Å². The lowest BCUT2D eigenvalue weighted by Gasteiger charge is -2.49. The Morgan fingerprint density at radius 1 is 1.32 bits per heavy atom. The van der Waals surface area contributed by atoms with Gasteiger partial charge >= 0.3 is 6.09 Å². The fourth-order valence-electron chi connectivity index (χ4n) is 3.12. The molecule has 1 unspecified atom stereocenters. The van der Waals surface area contributed by atoms with Crippen LogP contribution in [0.3, 0.4) is 0 Å². The molecule has 1 saturated heterocycles. The first-order chi connectivity index (χ1) is 8.88. The zero-order chi connectivity index (χ0) is 14.1. The second-order valence-electron chi connectivity index (χ2n) is 6.81. The SMILES string of the molecule is CC(C)(C)OC(=O)N1CCCCC1C1(C#N)CCC1. The van der Waals surface area contributed by atoms with Gasteiger partial charge in [0.25, 0.3) is 0 Å². The number of likely N-dealkylation sites (tertiary alicyclic amines) is 1. The van der Waals surface area contributed by atoms with Crippen LogP contribution in [-0.2, 0) is 4.74 Å². The van der Waals surface area contributed by atoms with Crippen LogP contribution >= 0.6 is 0 Å². The molecule has 1 saturated carbocycles. The smallest absolute Gasteiger partial charge is 0.410 e. The fourth-order valence-corrected chi connectivity index (χ4v) is 3.12. The maximum absolute atomic E-state index is 12.3. The quantitative estimate of drug-likeness (QED) is 0.728. The van der Waals surface area contributed by atoms with Crippen molar-refractivity contribution < 1.29 is 9.53 Å². The fraction of sp³-hybridized carbons (Fsp3) is 0.867. The van der Waals surface area contributed by atoms with Crippen LogP contribution < -0.4 is 0 Å². The number of amides is 1. The molecule has 1 aliphatic heterocycles. The van der Waals surface area contributed by atoms with Gasteiger partial charge in [-0.1, -0.05) is 6.42 Å². The van der Waals surface area contributed by atoms with E-state index in [4.69, 9.17) is 4.74 Å². The van der Waals surface area contributed by atoms with Crippen molar-refractivity contribution in [2.24, 2.45) is 5.41 Å². The lowest BCUT2D eigenvalue weighted by molar-refractivity contribution is -0.0214. The van der Waals surface area contributed by atoms with Crippen molar-refractivity contribution in [1.29, 1.82) is 5.26 Å². The molecule has 0 radical (unpaired) electrons. The highest BCUT2D eigenvalue weighted by Gasteiger charge is 2.49. The largest absolute Gasteiger partial charge is 0.444 e. The van der Waals surface area contributed by atoms with Gasteiger partial charge in [0.1, 0.15) is 5.60 Å². The number of carbonyl (C=O) groups excluding carboxylic acids is 1. The molecule has 1 aliphatic carbocycles. The average molecular weight is 264 g/mol. The Morgan fingerprint density at radius 2 is 2.00 bits per heavy atom. The van der Waals surface area contributed by atoms with Crippen LogP contribution in [-0.4, -0.2) is 29.2 Å². The van der Waals surface area contributed by atoms with Crippen molar-refractivity contribution in [3.05, 3.63) is 0 Å². The number of nitriles is 1. The molecule has 106 valence electrons. The molecule has 2 rings (SSSR count). The molecule has 1 amide bonds. The highest BCUT2D eigenvalue weighted by atomic mass is 16.6. The maximum atomic E-state index is 12.3. The molecule has 0 bridgehead atoms. The van der Waals surface area contributed by atoms with Crippen LogP contribution in [0, 0.1) is 16.7 Å². The van der Waals surface area contributed by atoms with Crippen LogP contribution in [0.25, 0.3) is 0 Å². The standard InChI is InChI=1S/C15H24N2O2/c1-14(2,3)19-13(18)17-10-5-4-7-12(17)15(11-16)8-6-9-15/h12H,4-10H2,1-3H3. The van der Waals surface area contributed by atoms with E-state index in [1.807, 2.05) is 25.7 Å². The van der Waals surface area contributed by atoms with E-state index < -0.39 is 5.60 Å². The first kappa shape index (κ1) is 14.2. The van der Waals surface area contributed by atoms with E-state index in [9.17, 15) is 10.1 Å². The Bertz CT molecular complexity index is 388. The Morgan fingerprint density at radius 3 is 2.47 bits per heavy atom. The highest BCUT2D eigenvalue weighted by molar-refractivity contribution is 5.69. The lowest BCUT2D eigenvalue weighted by Crippen LogP contribution is -2.55. The van der Waals surface area contributed by atoms with Gasteiger partial charge in [-0.3, -0.25) is 0 Å². The number of nitrogens with zero attached hydrogens (tertiary/aromatic N) is 2. The molecule has 4 nitrogen and oxygen atoms in total. The molecular formula is C15H24N2O2. The summed E-state index contributed by atoms with van der Waals surface area (Å²) < 4.78 is 5.49. The van der Waals surface area contributed by atoms with Gasteiger partial charge in [0.15, 0.2) is 0 Å². The summed E-state index contributed by atoms with van der Waals surface area (Å²) in [6.45, 7) is 6.37.